The van der Waals surface area contributed by atoms with Crippen LogP contribution < -0.4 is 5.32 Å². The van der Waals surface area contributed by atoms with Gasteiger partial charge in [-0.1, -0.05) is 0 Å². The number of hydrogen-bond donors (Lipinski definition) is 2. The number of carboxylic acids is 1. The lowest BCUT2D eigenvalue weighted by atomic mass is 10.1. The lowest BCUT2D eigenvalue weighted by Crippen LogP contribution is -2.15. The molecule has 1 aliphatic rings. The van der Waals surface area contributed by atoms with Crippen molar-refractivity contribution in [3.8, 4) is 0 Å². The average molecular weight is 239 g/mol. The molecule has 1 fully saturated rings. The van der Waals surface area contributed by atoms with Crippen LogP contribution in [0.4, 0.5) is 10.1 Å². The Hall–Kier alpha value is -1.91. The van der Waals surface area contributed by atoms with E-state index < -0.39 is 11.4 Å². The number of benzene rings is 1. The van der Waals surface area contributed by atoms with Crippen molar-refractivity contribution in [2.24, 2.45) is 5.41 Å². The first-order valence-corrected chi connectivity index (χ1v) is 5.17. The summed E-state index contributed by atoms with van der Waals surface area (Å²) >= 11 is 0. The summed E-state index contributed by atoms with van der Waals surface area (Å²) in [7, 11) is 1.80. The van der Waals surface area contributed by atoms with Crippen LogP contribution in [-0.4, -0.2) is 24.4 Å². The van der Waals surface area contributed by atoms with E-state index in [-0.39, 0.29) is 5.82 Å². The predicted octanol–water partition coefficient (Wildman–Crippen LogP) is 1.92. The Morgan fingerprint density at radius 1 is 1.41 bits per heavy atom. The van der Waals surface area contributed by atoms with Crippen LogP contribution in [0.5, 0.6) is 0 Å². The number of nitrogens with one attached hydrogen (secondary N) is 1. The Morgan fingerprint density at radius 3 is 2.18 bits per heavy atom. The van der Waals surface area contributed by atoms with Crippen LogP contribution in [0.25, 0.3) is 0 Å². The van der Waals surface area contributed by atoms with E-state index in [9.17, 15) is 14.0 Å². The molecule has 0 aliphatic heterocycles. The summed E-state index contributed by atoms with van der Waals surface area (Å²) in [5, 5.41) is 11.2. The van der Waals surface area contributed by atoms with Gasteiger partial charge in [0.15, 0.2) is 0 Å². The highest BCUT2D eigenvalue weighted by atomic mass is 19.1. The maximum atomic E-state index is 12.2. The van der Waals surface area contributed by atoms with E-state index in [1.54, 1.807) is 19.2 Å². The van der Waals surface area contributed by atoms with Crippen LogP contribution in [0.2, 0.25) is 0 Å². The number of anilines is 1. The van der Waals surface area contributed by atoms with Crippen LogP contribution in [0, 0.1) is 11.2 Å². The van der Waals surface area contributed by atoms with Gasteiger partial charge in [-0.3, -0.25) is 4.79 Å². The van der Waals surface area contributed by atoms with E-state index in [0.29, 0.717) is 19.1 Å². The fourth-order valence-corrected chi connectivity index (χ4v) is 1.13. The van der Waals surface area contributed by atoms with Gasteiger partial charge in [0.25, 0.3) is 0 Å². The number of carboxylic acid groups (broad SMARTS) is 1. The topological polar surface area (TPSA) is 66.4 Å². The lowest BCUT2D eigenvalue weighted by molar-refractivity contribution is -0.145. The van der Waals surface area contributed by atoms with E-state index in [4.69, 9.17) is 5.11 Å². The van der Waals surface area contributed by atoms with Crippen molar-refractivity contribution in [1.29, 1.82) is 0 Å². The second kappa shape index (κ2) is 5.43. The van der Waals surface area contributed by atoms with Gasteiger partial charge in [0.05, 0.1) is 0 Å². The van der Waals surface area contributed by atoms with Crippen LogP contribution in [0.3, 0.4) is 0 Å². The summed E-state index contributed by atoms with van der Waals surface area (Å²) in [6.07, 6.45) is 1.56. The largest absolute Gasteiger partial charge is 0.481 e. The molecule has 1 saturated carbocycles. The summed E-state index contributed by atoms with van der Waals surface area (Å²) < 4.78 is 12.2. The first kappa shape index (κ1) is 13.2. The molecule has 0 spiro atoms. The van der Waals surface area contributed by atoms with Gasteiger partial charge in [-0.05, 0) is 37.1 Å². The van der Waals surface area contributed by atoms with Gasteiger partial charge >= 0.3 is 5.97 Å². The molecule has 1 aliphatic carbocycles. The van der Waals surface area contributed by atoms with Gasteiger partial charge in [0.1, 0.15) is 17.5 Å². The van der Waals surface area contributed by atoms with Crippen molar-refractivity contribution in [2.75, 3.05) is 12.4 Å². The summed E-state index contributed by atoms with van der Waals surface area (Å²) in [5.41, 5.74) is -0.0450. The molecule has 0 aromatic heterocycles. The van der Waals surface area contributed by atoms with Crippen molar-refractivity contribution in [1.82, 2.24) is 0 Å². The van der Waals surface area contributed by atoms with E-state index in [1.165, 1.54) is 12.1 Å². The van der Waals surface area contributed by atoms with E-state index in [0.717, 1.165) is 5.69 Å². The molecule has 0 amide bonds. The molecule has 0 unspecified atom stereocenters. The second-order valence-corrected chi connectivity index (χ2v) is 3.84. The minimum absolute atomic E-state index is 0.200. The lowest BCUT2D eigenvalue weighted by Gasteiger charge is -1.95. The first-order valence-electron chi connectivity index (χ1n) is 5.17. The van der Waals surface area contributed by atoms with Gasteiger partial charge < -0.3 is 15.2 Å². The molecule has 17 heavy (non-hydrogen) atoms. The molecule has 0 radical (unpaired) electrons. The number of carbonyl (C=O) groups is 2. The van der Waals surface area contributed by atoms with Gasteiger partial charge in [0.2, 0.25) is 0 Å². The van der Waals surface area contributed by atoms with Crippen LogP contribution in [0.1, 0.15) is 12.8 Å². The van der Waals surface area contributed by atoms with E-state index in [2.05, 4.69) is 5.32 Å². The van der Waals surface area contributed by atoms with Crippen LogP contribution >= 0.6 is 0 Å². The molecule has 1 aromatic carbocycles. The van der Waals surface area contributed by atoms with Crippen molar-refractivity contribution in [3.05, 3.63) is 30.1 Å². The third kappa shape index (κ3) is 3.55. The Balaban J connectivity index is 0.000000171. The molecule has 1 aromatic rings. The maximum absolute atomic E-state index is 12.2. The zero-order valence-corrected chi connectivity index (χ0v) is 9.44. The minimum Gasteiger partial charge on any atom is -0.481 e. The van der Waals surface area contributed by atoms with E-state index >= 15 is 0 Å². The number of carbonyl (C=O) groups excluding carboxylic acids is 1. The van der Waals surface area contributed by atoms with Crippen LogP contribution in [-0.2, 0) is 9.59 Å². The summed E-state index contributed by atoms with van der Waals surface area (Å²) in [6, 6.07) is 6.22. The highest BCUT2D eigenvalue weighted by Gasteiger charge is 2.50. The molecule has 4 nitrogen and oxygen atoms in total. The van der Waals surface area contributed by atoms with Crippen molar-refractivity contribution < 1.29 is 19.1 Å². The van der Waals surface area contributed by atoms with E-state index in [1.807, 2.05) is 0 Å². The zero-order valence-electron chi connectivity index (χ0n) is 9.44. The molecular formula is C12H14FNO3. The van der Waals surface area contributed by atoms with Crippen molar-refractivity contribution in [2.45, 2.75) is 12.8 Å². The predicted molar refractivity (Wildman–Crippen MR) is 61.3 cm³/mol. The third-order valence-corrected chi connectivity index (χ3v) is 2.57. The SMILES string of the molecule is CNc1ccc(F)cc1.O=CC1(C(=O)O)CC1. The smallest absolute Gasteiger partial charge is 0.316 e. The van der Waals surface area contributed by atoms with Crippen molar-refractivity contribution in [3.63, 3.8) is 0 Å². The molecule has 5 heteroatoms. The zero-order chi connectivity index (χ0) is 12.9. The molecule has 0 bridgehead atoms. The summed E-state index contributed by atoms with van der Waals surface area (Å²) in [4.78, 5) is 20.0. The normalized spacial score (nSPS) is 15.2. The van der Waals surface area contributed by atoms with Gasteiger partial charge in [0, 0.05) is 12.7 Å². The average Bonchev–Trinajstić information content (AvgIpc) is 3.12. The number of halogens is 1. The molecule has 0 heterocycles. The Bertz CT molecular complexity index is 399. The standard InChI is InChI=1S/C7H8FN.C5H6O3/c1-9-7-4-2-6(8)3-5-7;6-3-5(1-2-5)4(7)8/h2-5,9H,1H3;3H,1-2H2,(H,7,8). The van der Waals surface area contributed by atoms with Crippen LogP contribution in [0.15, 0.2) is 24.3 Å². The first-order chi connectivity index (χ1) is 8.04. The Kier molecular flexibility index (Phi) is 4.20. The Labute approximate surface area is 98.5 Å². The Morgan fingerprint density at radius 2 is 1.94 bits per heavy atom. The molecule has 92 valence electrons. The maximum Gasteiger partial charge on any atom is 0.316 e. The number of aldehydes is 1. The van der Waals surface area contributed by atoms with Gasteiger partial charge in [-0.15, -0.1) is 0 Å². The summed E-state index contributed by atoms with van der Waals surface area (Å²) in [6.45, 7) is 0. The number of aliphatic carboxylic acids is 1. The monoisotopic (exact) mass is 239 g/mol. The summed E-state index contributed by atoms with van der Waals surface area (Å²) in [5.74, 6) is -1.18. The molecule has 0 atom stereocenters. The minimum atomic E-state index is -0.979. The molecule has 2 rings (SSSR count). The van der Waals surface area contributed by atoms with Gasteiger partial charge in [-0.2, -0.15) is 0 Å². The third-order valence-electron chi connectivity index (χ3n) is 2.57. The highest BCUT2D eigenvalue weighted by molar-refractivity contribution is 5.95. The second-order valence-electron chi connectivity index (χ2n) is 3.84. The van der Waals surface area contributed by atoms with Gasteiger partial charge in [-0.25, -0.2) is 4.39 Å². The molecule has 2 N–H and O–H groups in total. The fraction of sp³-hybridized carbons (Fsp3) is 0.333. The quantitative estimate of drug-likeness (QED) is 0.624. The molecular weight excluding hydrogens is 225 g/mol. The highest BCUT2D eigenvalue weighted by Crippen LogP contribution is 2.43. The number of hydrogen-bond acceptors (Lipinski definition) is 3. The molecule has 0 saturated heterocycles. The fourth-order valence-electron chi connectivity index (χ4n) is 1.13. The number of rotatable bonds is 3. The van der Waals surface area contributed by atoms with Crippen molar-refractivity contribution >= 4 is 17.9 Å².